The van der Waals surface area contributed by atoms with E-state index in [9.17, 15) is 13.2 Å². The molecule has 2 saturated heterocycles. The fourth-order valence-electron chi connectivity index (χ4n) is 4.59. The Balaban J connectivity index is 1.11. The van der Waals surface area contributed by atoms with E-state index in [-0.39, 0.29) is 17.4 Å². The van der Waals surface area contributed by atoms with Crippen LogP contribution in [0.5, 0.6) is 5.75 Å². The maximum atomic E-state index is 12.7. The monoisotopic (exact) mass is 468 g/mol. The molecule has 9 nitrogen and oxygen atoms in total. The van der Waals surface area contributed by atoms with Crippen LogP contribution in [0.25, 0.3) is 11.1 Å². The van der Waals surface area contributed by atoms with Crippen molar-refractivity contribution in [3.63, 3.8) is 0 Å². The average Bonchev–Trinajstić information content (AvgIpc) is 3.39. The van der Waals surface area contributed by atoms with Crippen molar-refractivity contribution in [1.29, 1.82) is 0 Å². The highest BCUT2D eigenvalue weighted by atomic mass is 32.2. The van der Waals surface area contributed by atoms with Gasteiger partial charge in [-0.3, -0.25) is 9.69 Å². The molecule has 172 valence electrons. The number of rotatable bonds is 4. The molecule has 1 amide bonds. The largest absolute Gasteiger partial charge is 0.493 e. The molecule has 6 rings (SSSR count). The van der Waals surface area contributed by atoms with Crippen molar-refractivity contribution in [3.8, 4) is 5.75 Å². The highest BCUT2D eigenvalue weighted by molar-refractivity contribution is 7.91. The van der Waals surface area contributed by atoms with E-state index in [2.05, 4.69) is 20.1 Å². The fraction of sp³-hybridized carbons (Fsp3) is 0.391. The smallest absolute Gasteiger partial charge is 0.298 e. The summed E-state index contributed by atoms with van der Waals surface area (Å²) in [4.78, 5) is 21.6. The Kier molecular flexibility index (Phi) is 4.81. The molecule has 4 heterocycles. The number of amides is 1. The Bertz CT molecular complexity index is 1330. The number of benzene rings is 2. The molecule has 0 aliphatic carbocycles. The van der Waals surface area contributed by atoms with Crippen molar-refractivity contribution in [3.05, 3.63) is 47.5 Å². The van der Waals surface area contributed by atoms with E-state index in [1.165, 1.54) is 0 Å². The van der Waals surface area contributed by atoms with Gasteiger partial charge >= 0.3 is 0 Å². The Hall–Kier alpha value is -3.11. The third kappa shape index (κ3) is 3.93. The quantitative estimate of drug-likeness (QED) is 0.619. The number of oxazole rings is 1. The zero-order valence-corrected chi connectivity index (χ0v) is 18.8. The first-order valence-electron chi connectivity index (χ1n) is 11.1. The van der Waals surface area contributed by atoms with Gasteiger partial charge in [-0.15, -0.1) is 0 Å². The van der Waals surface area contributed by atoms with E-state index in [0.29, 0.717) is 54.1 Å². The predicted octanol–water partition coefficient (Wildman–Crippen LogP) is 1.93. The molecule has 0 atom stereocenters. The zero-order valence-electron chi connectivity index (χ0n) is 18.0. The molecule has 3 aliphatic heterocycles. The highest BCUT2D eigenvalue weighted by Crippen LogP contribution is 2.30. The zero-order chi connectivity index (χ0) is 22.6. The van der Waals surface area contributed by atoms with Crippen LogP contribution in [0.2, 0.25) is 0 Å². The number of nitrogens with one attached hydrogen (secondary N) is 1. The van der Waals surface area contributed by atoms with Gasteiger partial charge in [0.25, 0.3) is 11.9 Å². The van der Waals surface area contributed by atoms with Crippen molar-refractivity contribution in [1.82, 2.24) is 9.88 Å². The minimum Gasteiger partial charge on any atom is -0.493 e. The van der Waals surface area contributed by atoms with Crippen LogP contribution in [-0.2, 0) is 16.3 Å². The molecule has 2 aromatic carbocycles. The summed E-state index contributed by atoms with van der Waals surface area (Å²) in [6.45, 7) is 3.36. The first kappa shape index (κ1) is 20.5. The lowest BCUT2D eigenvalue weighted by Gasteiger charge is -2.45. The van der Waals surface area contributed by atoms with Gasteiger partial charge in [-0.25, -0.2) is 8.42 Å². The number of anilines is 2. The van der Waals surface area contributed by atoms with Gasteiger partial charge in [-0.05, 0) is 42.0 Å². The van der Waals surface area contributed by atoms with Gasteiger partial charge in [-0.1, -0.05) is 0 Å². The lowest BCUT2D eigenvalue weighted by Crippen LogP contribution is -2.62. The number of fused-ring (bicyclic) bond motifs is 2. The van der Waals surface area contributed by atoms with Crippen LogP contribution in [0, 0.1) is 0 Å². The van der Waals surface area contributed by atoms with Crippen LogP contribution in [-0.4, -0.2) is 74.5 Å². The first-order valence-corrected chi connectivity index (χ1v) is 12.9. The summed E-state index contributed by atoms with van der Waals surface area (Å²) in [5.41, 5.74) is 3.64. The van der Waals surface area contributed by atoms with Gasteiger partial charge in [0.15, 0.2) is 15.4 Å². The number of hydrogen-bond acceptors (Lipinski definition) is 8. The maximum Gasteiger partial charge on any atom is 0.298 e. The normalized spacial score (nSPS) is 20.3. The Morgan fingerprint density at radius 3 is 2.73 bits per heavy atom. The average molecular weight is 469 g/mol. The number of ether oxygens (including phenoxy) is 1. The van der Waals surface area contributed by atoms with Crippen LogP contribution in [0.4, 0.5) is 11.7 Å². The third-order valence-electron chi connectivity index (χ3n) is 6.61. The van der Waals surface area contributed by atoms with Crippen molar-refractivity contribution in [2.75, 3.05) is 54.5 Å². The molecule has 1 aromatic heterocycles. The van der Waals surface area contributed by atoms with Crippen molar-refractivity contribution in [2.45, 2.75) is 12.5 Å². The van der Waals surface area contributed by atoms with Gasteiger partial charge < -0.3 is 19.4 Å². The van der Waals surface area contributed by atoms with Crippen LogP contribution >= 0.6 is 0 Å². The second kappa shape index (κ2) is 7.74. The SMILES string of the molecule is O=C(Nc1ccc2oc(N3CC(N4CCS(=O)(=O)CC4)C3)nc2c1)c1ccc2c(c1)CCO2. The number of carbonyl (C=O) groups is 1. The molecule has 2 fully saturated rings. The Labute approximate surface area is 191 Å². The van der Waals surface area contributed by atoms with E-state index in [0.717, 1.165) is 30.8 Å². The number of hydrogen-bond donors (Lipinski definition) is 1. The Morgan fingerprint density at radius 2 is 1.91 bits per heavy atom. The van der Waals surface area contributed by atoms with E-state index >= 15 is 0 Å². The lowest BCUT2D eigenvalue weighted by atomic mass is 10.1. The van der Waals surface area contributed by atoms with Gasteiger partial charge in [0, 0.05) is 49.9 Å². The van der Waals surface area contributed by atoms with Crippen LogP contribution in [0.3, 0.4) is 0 Å². The van der Waals surface area contributed by atoms with E-state index in [1.54, 1.807) is 12.1 Å². The number of carbonyl (C=O) groups excluding carboxylic acids is 1. The number of aromatic nitrogens is 1. The molecule has 0 spiro atoms. The highest BCUT2D eigenvalue weighted by Gasteiger charge is 2.37. The third-order valence-corrected chi connectivity index (χ3v) is 8.22. The summed E-state index contributed by atoms with van der Waals surface area (Å²) in [6.07, 6.45) is 0.818. The molecular formula is C23H24N4O5S. The maximum absolute atomic E-state index is 12.7. The van der Waals surface area contributed by atoms with Gasteiger partial charge in [0.05, 0.1) is 18.1 Å². The summed E-state index contributed by atoms with van der Waals surface area (Å²) in [7, 11) is -2.87. The molecule has 3 aromatic rings. The fourth-order valence-corrected chi connectivity index (χ4v) is 5.82. The molecule has 3 aliphatic rings. The molecule has 0 bridgehead atoms. The first-order chi connectivity index (χ1) is 15.9. The topological polar surface area (TPSA) is 105 Å². The van der Waals surface area contributed by atoms with Crippen LogP contribution < -0.4 is 15.0 Å². The minimum absolute atomic E-state index is 0.179. The molecule has 1 N–H and O–H groups in total. The second-order valence-electron chi connectivity index (χ2n) is 8.80. The van der Waals surface area contributed by atoms with Crippen molar-refractivity contribution < 1.29 is 22.4 Å². The predicted molar refractivity (Wildman–Crippen MR) is 124 cm³/mol. The molecule has 0 unspecified atom stereocenters. The lowest BCUT2D eigenvalue weighted by molar-refractivity contribution is 0.102. The number of nitrogens with zero attached hydrogens (tertiary/aromatic N) is 3. The van der Waals surface area contributed by atoms with Crippen molar-refractivity contribution in [2.24, 2.45) is 0 Å². The number of sulfone groups is 1. The van der Waals surface area contributed by atoms with Gasteiger partial charge in [0.1, 0.15) is 11.3 Å². The van der Waals surface area contributed by atoms with Crippen LogP contribution in [0.1, 0.15) is 15.9 Å². The van der Waals surface area contributed by atoms with E-state index < -0.39 is 9.84 Å². The van der Waals surface area contributed by atoms with Crippen molar-refractivity contribution >= 4 is 38.5 Å². The summed E-state index contributed by atoms with van der Waals surface area (Å²) < 4.78 is 34.7. The second-order valence-corrected chi connectivity index (χ2v) is 11.1. The molecule has 33 heavy (non-hydrogen) atoms. The van der Waals surface area contributed by atoms with E-state index in [1.807, 2.05) is 24.3 Å². The standard InChI is InChI=1S/C23H24N4O5S/c28-22(16-1-3-20-15(11-16)5-8-31-20)24-17-2-4-21-19(12-17)25-23(32-21)27-13-18(14-27)26-6-9-33(29,30)10-7-26/h1-4,11-12,18H,5-10,13-14H2,(H,24,28). The van der Waals surface area contributed by atoms with Crippen LogP contribution in [0.15, 0.2) is 40.8 Å². The van der Waals surface area contributed by atoms with Gasteiger partial charge in [0.2, 0.25) is 0 Å². The Morgan fingerprint density at radius 1 is 1.09 bits per heavy atom. The summed E-state index contributed by atoms with van der Waals surface area (Å²) in [5, 5.41) is 2.93. The van der Waals surface area contributed by atoms with E-state index in [4.69, 9.17) is 9.15 Å². The summed E-state index contributed by atoms with van der Waals surface area (Å²) >= 11 is 0. The minimum atomic E-state index is -2.87. The molecular weight excluding hydrogens is 444 g/mol. The molecule has 10 heteroatoms. The molecule has 0 radical (unpaired) electrons. The summed E-state index contributed by atoms with van der Waals surface area (Å²) in [6, 6.07) is 11.8. The molecule has 0 saturated carbocycles. The summed E-state index contributed by atoms with van der Waals surface area (Å²) in [5.74, 6) is 1.14. The van der Waals surface area contributed by atoms with Gasteiger partial charge in [-0.2, -0.15) is 4.98 Å².